The maximum absolute atomic E-state index is 12.1. The summed E-state index contributed by atoms with van der Waals surface area (Å²) >= 11 is 7.27. The average Bonchev–Trinajstić information content (AvgIpc) is 3.16. The van der Waals surface area contributed by atoms with Gasteiger partial charge in [0, 0.05) is 5.02 Å². The molecule has 0 radical (unpaired) electrons. The molecular formula is C13H10ClN3O3S2. The van der Waals surface area contributed by atoms with Gasteiger partial charge in [-0.3, -0.25) is 0 Å². The van der Waals surface area contributed by atoms with Crippen molar-refractivity contribution >= 4 is 33.0 Å². The molecule has 1 N–H and O–H groups in total. The average molecular weight is 356 g/mol. The van der Waals surface area contributed by atoms with E-state index in [1.165, 1.54) is 23.5 Å². The van der Waals surface area contributed by atoms with Crippen molar-refractivity contribution in [3.05, 3.63) is 52.7 Å². The van der Waals surface area contributed by atoms with Gasteiger partial charge in [0.05, 0.1) is 16.3 Å². The van der Waals surface area contributed by atoms with E-state index in [2.05, 4.69) is 14.9 Å². The van der Waals surface area contributed by atoms with Crippen LogP contribution in [-0.4, -0.2) is 18.6 Å². The molecule has 0 atom stereocenters. The Morgan fingerprint density at radius 2 is 2.14 bits per heavy atom. The Kier molecular flexibility index (Phi) is 4.25. The number of aromatic nitrogens is 2. The second-order valence-electron chi connectivity index (χ2n) is 4.27. The summed E-state index contributed by atoms with van der Waals surface area (Å²) in [7, 11) is -3.69. The summed E-state index contributed by atoms with van der Waals surface area (Å²) in [6.07, 6.45) is 0. The van der Waals surface area contributed by atoms with Gasteiger partial charge >= 0.3 is 0 Å². The number of thiophene rings is 1. The Morgan fingerprint density at radius 1 is 1.27 bits per heavy atom. The first-order valence-corrected chi connectivity index (χ1v) is 8.90. The van der Waals surface area contributed by atoms with E-state index in [9.17, 15) is 8.42 Å². The van der Waals surface area contributed by atoms with Crippen molar-refractivity contribution in [2.24, 2.45) is 0 Å². The molecule has 3 aromatic rings. The Hall–Kier alpha value is -1.74. The fourth-order valence-electron chi connectivity index (χ4n) is 1.71. The number of sulfonamides is 1. The summed E-state index contributed by atoms with van der Waals surface area (Å²) in [4.78, 5) is 5.08. The van der Waals surface area contributed by atoms with Crippen LogP contribution in [0.15, 0.2) is 51.2 Å². The Morgan fingerprint density at radius 3 is 2.86 bits per heavy atom. The highest BCUT2D eigenvalue weighted by Crippen LogP contribution is 2.21. The van der Waals surface area contributed by atoms with Gasteiger partial charge in [0.15, 0.2) is 0 Å². The first-order chi connectivity index (χ1) is 10.5. The number of nitrogens with zero attached hydrogens (tertiary/aromatic N) is 2. The normalized spacial score (nSPS) is 11.7. The van der Waals surface area contributed by atoms with Crippen LogP contribution in [0.2, 0.25) is 5.02 Å². The molecule has 0 aliphatic heterocycles. The second kappa shape index (κ2) is 6.17. The predicted octanol–water partition coefficient (Wildman–Crippen LogP) is 2.93. The molecule has 22 heavy (non-hydrogen) atoms. The number of halogens is 1. The highest BCUT2D eigenvalue weighted by molar-refractivity contribution is 7.89. The number of rotatable bonds is 5. The molecule has 0 unspecified atom stereocenters. The molecule has 0 saturated heterocycles. The first-order valence-electron chi connectivity index (χ1n) is 6.16. The molecule has 3 rings (SSSR count). The van der Waals surface area contributed by atoms with Crippen molar-refractivity contribution < 1.29 is 12.9 Å². The fraction of sp³-hybridized carbons (Fsp3) is 0.0769. The van der Waals surface area contributed by atoms with Crippen LogP contribution in [0.1, 0.15) is 5.89 Å². The zero-order valence-corrected chi connectivity index (χ0v) is 13.5. The molecule has 0 fully saturated rings. The molecule has 0 bridgehead atoms. The molecule has 1 aromatic carbocycles. The zero-order chi connectivity index (χ0) is 15.6. The van der Waals surface area contributed by atoms with Crippen molar-refractivity contribution in [2.75, 3.05) is 0 Å². The van der Waals surface area contributed by atoms with Crippen molar-refractivity contribution in [2.45, 2.75) is 11.4 Å². The molecule has 2 aromatic heterocycles. The minimum absolute atomic E-state index is 0.0815. The standard InChI is InChI=1S/C13H10ClN3O3S2/c14-9-3-1-4-10(7-9)22(18,19)15-8-12-16-13(17-20-12)11-5-2-6-21-11/h1-7,15H,8H2. The van der Waals surface area contributed by atoms with Crippen molar-refractivity contribution in [3.63, 3.8) is 0 Å². The van der Waals surface area contributed by atoms with Crippen LogP contribution in [0.3, 0.4) is 0 Å². The van der Waals surface area contributed by atoms with E-state index in [0.29, 0.717) is 10.8 Å². The number of hydrogen-bond acceptors (Lipinski definition) is 6. The molecule has 0 aliphatic rings. The molecule has 0 aliphatic carbocycles. The zero-order valence-electron chi connectivity index (χ0n) is 11.1. The van der Waals surface area contributed by atoms with Gasteiger partial charge in [-0.1, -0.05) is 28.9 Å². The summed E-state index contributed by atoms with van der Waals surface area (Å²) < 4.78 is 31.7. The Balaban J connectivity index is 1.72. The minimum atomic E-state index is -3.69. The lowest BCUT2D eigenvalue weighted by atomic mass is 10.4. The molecule has 0 saturated carbocycles. The quantitative estimate of drug-likeness (QED) is 0.760. The lowest BCUT2D eigenvalue weighted by molar-refractivity contribution is 0.376. The van der Waals surface area contributed by atoms with Crippen LogP contribution >= 0.6 is 22.9 Å². The summed E-state index contributed by atoms with van der Waals surface area (Å²) in [6, 6.07) is 9.73. The van der Waals surface area contributed by atoms with Crippen molar-refractivity contribution in [3.8, 4) is 10.7 Å². The van der Waals surface area contributed by atoms with E-state index in [0.717, 1.165) is 4.88 Å². The number of nitrogens with one attached hydrogen (secondary N) is 1. The minimum Gasteiger partial charge on any atom is -0.337 e. The van der Waals surface area contributed by atoms with E-state index in [1.54, 1.807) is 12.1 Å². The van der Waals surface area contributed by atoms with Crippen molar-refractivity contribution in [1.29, 1.82) is 0 Å². The highest BCUT2D eigenvalue weighted by Gasteiger charge is 2.16. The van der Waals surface area contributed by atoms with Gasteiger partial charge in [0.25, 0.3) is 0 Å². The van der Waals surface area contributed by atoms with Gasteiger partial charge < -0.3 is 4.52 Å². The summed E-state index contributed by atoms with van der Waals surface area (Å²) in [5.74, 6) is 0.626. The lowest BCUT2D eigenvalue weighted by Crippen LogP contribution is -2.23. The van der Waals surface area contributed by atoms with E-state index in [4.69, 9.17) is 16.1 Å². The van der Waals surface area contributed by atoms with Gasteiger partial charge in [-0.2, -0.15) is 4.98 Å². The third-order valence-electron chi connectivity index (χ3n) is 2.73. The first kappa shape index (κ1) is 15.2. The maximum Gasteiger partial charge on any atom is 0.242 e. The van der Waals surface area contributed by atoms with Crippen LogP contribution in [0.4, 0.5) is 0 Å². The van der Waals surface area contributed by atoms with Crippen LogP contribution in [0.5, 0.6) is 0 Å². The second-order valence-corrected chi connectivity index (χ2v) is 7.42. The molecule has 0 spiro atoms. The monoisotopic (exact) mass is 355 g/mol. The van der Waals surface area contributed by atoms with E-state index < -0.39 is 10.0 Å². The Labute approximate surface area is 135 Å². The third kappa shape index (κ3) is 3.36. The number of hydrogen-bond donors (Lipinski definition) is 1. The van der Waals surface area contributed by atoms with Crippen LogP contribution in [0, 0.1) is 0 Å². The number of benzene rings is 1. The smallest absolute Gasteiger partial charge is 0.242 e. The summed E-state index contributed by atoms with van der Waals surface area (Å²) in [5, 5.41) is 6.06. The molecule has 9 heteroatoms. The van der Waals surface area contributed by atoms with Crippen LogP contribution < -0.4 is 4.72 Å². The van der Waals surface area contributed by atoms with Gasteiger partial charge in [0.1, 0.15) is 0 Å². The van der Waals surface area contributed by atoms with Gasteiger partial charge in [-0.25, -0.2) is 13.1 Å². The maximum atomic E-state index is 12.1. The van der Waals surface area contributed by atoms with Crippen LogP contribution in [-0.2, 0) is 16.6 Å². The molecule has 6 nitrogen and oxygen atoms in total. The summed E-state index contributed by atoms with van der Waals surface area (Å²) in [6.45, 7) is -0.0901. The van der Waals surface area contributed by atoms with Gasteiger partial charge in [-0.05, 0) is 29.6 Å². The molecule has 2 heterocycles. The van der Waals surface area contributed by atoms with E-state index in [-0.39, 0.29) is 17.3 Å². The molecule has 114 valence electrons. The van der Waals surface area contributed by atoms with Crippen molar-refractivity contribution in [1.82, 2.24) is 14.9 Å². The molecule has 0 amide bonds. The third-order valence-corrected chi connectivity index (χ3v) is 5.23. The van der Waals surface area contributed by atoms with Crippen LogP contribution in [0.25, 0.3) is 10.7 Å². The fourth-order valence-corrected chi connectivity index (χ4v) is 3.63. The van der Waals surface area contributed by atoms with E-state index >= 15 is 0 Å². The predicted molar refractivity (Wildman–Crippen MR) is 83.1 cm³/mol. The Bertz CT molecular complexity index is 876. The topological polar surface area (TPSA) is 85.1 Å². The largest absolute Gasteiger partial charge is 0.337 e. The van der Waals surface area contributed by atoms with E-state index in [1.807, 2.05) is 17.5 Å². The highest BCUT2D eigenvalue weighted by atomic mass is 35.5. The van der Waals surface area contributed by atoms with Gasteiger partial charge in [0.2, 0.25) is 21.7 Å². The van der Waals surface area contributed by atoms with Gasteiger partial charge in [-0.15, -0.1) is 11.3 Å². The lowest BCUT2D eigenvalue weighted by Gasteiger charge is -2.04. The SMILES string of the molecule is O=S(=O)(NCc1nc(-c2cccs2)no1)c1cccc(Cl)c1. The molecular weight excluding hydrogens is 346 g/mol. The summed E-state index contributed by atoms with van der Waals surface area (Å²) in [5.41, 5.74) is 0.